The Morgan fingerprint density at radius 2 is 1.58 bits per heavy atom. The number of fused-ring (bicyclic) bond motifs is 3. The van der Waals surface area contributed by atoms with Gasteiger partial charge in [0.2, 0.25) is 29.0 Å². The fourth-order valence-electron chi connectivity index (χ4n) is 5.71. The largest absolute Gasteiger partial charge is 0.462 e. The molecular weight excluding hydrogens is 510 g/mol. The number of ketones is 2. The molecular formula is C29H20ClNO7. The predicted octanol–water partition coefficient (Wildman–Crippen LogP) is 4.21. The molecule has 3 aromatic carbocycles. The number of rotatable bonds is 4. The molecule has 3 atom stereocenters. The molecule has 2 heterocycles. The highest BCUT2D eigenvalue weighted by Gasteiger charge is 2.74. The number of halogens is 1. The molecule has 6 rings (SSSR count). The van der Waals surface area contributed by atoms with E-state index in [2.05, 4.69) is 0 Å². The first-order valence-electron chi connectivity index (χ1n) is 12.1. The summed E-state index contributed by atoms with van der Waals surface area (Å²) in [5.74, 6) is -5.65. The zero-order chi connectivity index (χ0) is 26.8. The van der Waals surface area contributed by atoms with Crippen molar-refractivity contribution >= 4 is 46.6 Å². The standard InChI is InChI=1S/C29H20ClNO7/c1-2-37-28(36)16-12-10-15(11-13-16)23-21-22(27(35)31(26(21)34)18-7-5-6-17(30)14-18)29(38-23)24(32)19-8-3-4-9-20(19)25(29)33/h3-14,21-23H,2H2,1H3/t21-,22-,23+/m1/s1. The van der Waals surface area contributed by atoms with Crippen LogP contribution in [0.1, 0.15) is 49.7 Å². The number of carbonyl (C=O) groups is 5. The summed E-state index contributed by atoms with van der Waals surface area (Å²) in [7, 11) is 0. The fourth-order valence-corrected chi connectivity index (χ4v) is 5.90. The Bertz CT molecular complexity index is 1510. The van der Waals surface area contributed by atoms with Crippen LogP contribution in [0.5, 0.6) is 0 Å². The lowest BCUT2D eigenvalue weighted by Gasteiger charge is -2.27. The Hall–Kier alpha value is -4.14. The molecule has 0 unspecified atom stereocenters. The fraction of sp³-hybridized carbons (Fsp3) is 0.207. The van der Waals surface area contributed by atoms with E-state index in [-0.39, 0.29) is 29.0 Å². The van der Waals surface area contributed by atoms with E-state index in [1.807, 2.05) is 0 Å². The molecule has 1 aliphatic carbocycles. The summed E-state index contributed by atoms with van der Waals surface area (Å²) in [5, 5.41) is 0.317. The first kappa shape index (κ1) is 24.2. The van der Waals surface area contributed by atoms with Crippen molar-refractivity contribution in [3.05, 3.63) is 100 Å². The van der Waals surface area contributed by atoms with Gasteiger partial charge in [-0.2, -0.15) is 0 Å². The highest BCUT2D eigenvalue weighted by atomic mass is 35.5. The third-order valence-electron chi connectivity index (χ3n) is 7.34. The van der Waals surface area contributed by atoms with Gasteiger partial charge >= 0.3 is 5.97 Å². The molecule has 9 heteroatoms. The minimum atomic E-state index is -2.18. The third-order valence-corrected chi connectivity index (χ3v) is 7.57. The third kappa shape index (κ3) is 3.23. The van der Waals surface area contributed by atoms with E-state index in [0.29, 0.717) is 10.6 Å². The Labute approximate surface area is 222 Å². The monoisotopic (exact) mass is 529 g/mol. The number of Topliss-reactive ketones (excluding diaryl/α,β-unsaturated/α-hetero) is 2. The van der Waals surface area contributed by atoms with E-state index in [0.717, 1.165) is 4.90 Å². The van der Waals surface area contributed by atoms with Crippen molar-refractivity contribution in [1.82, 2.24) is 0 Å². The molecule has 0 N–H and O–H groups in total. The molecule has 1 spiro atoms. The Morgan fingerprint density at radius 1 is 0.921 bits per heavy atom. The number of imide groups is 1. The van der Waals surface area contributed by atoms with Crippen molar-refractivity contribution in [2.45, 2.75) is 18.6 Å². The average Bonchev–Trinajstić information content (AvgIpc) is 3.49. The number of carbonyl (C=O) groups excluding carboxylic acids is 5. The number of nitrogens with zero attached hydrogens (tertiary/aromatic N) is 1. The summed E-state index contributed by atoms with van der Waals surface area (Å²) in [6.07, 6.45) is -1.10. The lowest BCUT2D eigenvalue weighted by Crippen LogP contribution is -2.51. The van der Waals surface area contributed by atoms with E-state index < -0.39 is 52.9 Å². The van der Waals surface area contributed by atoms with Crippen LogP contribution in [-0.4, -0.2) is 41.6 Å². The number of benzene rings is 3. The number of amides is 2. The molecule has 2 saturated heterocycles. The van der Waals surface area contributed by atoms with Crippen molar-refractivity contribution in [3.63, 3.8) is 0 Å². The second-order valence-electron chi connectivity index (χ2n) is 9.32. The minimum Gasteiger partial charge on any atom is -0.462 e. The molecule has 2 fully saturated rings. The van der Waals surface area contributed by atoms with Crippen LogP contribution in [-0.2, 0) is 19.1 Å². The van der Waals surface area contributed by atoms with Crippen LogP contribution in [0.2, 0.25) is 5.02 Å². The van der Waals surface area contributed by atoms with Gasteiger partial charge in [0.15, 0.2) is 0 Å². The Morgan fingerprint density at radius 3 is 2.18 bits per heavy atom. The molecule has 2 aliphatic heterocycles. The molecule has 3 aliphatic rings. The van der Waals surface area contributed by atoms with Gasteiger partial charge in [0.1, 0.15) is 0 Å². The molecule has 0 aromatic heterocycles. The van der Waals surface area contributed by atoms with Gasteiger partial charge in [0.25, 0.3) is 0 Å². The van der Waals surface area contributed by atoms with E-state index in [1.165, 1.54) is 30.3 Å². The van der Waals surface area contributed by atoms with Gasteiger partial charge in [-0.1, -0.05) is 54.1 Å². The average molecular weight is 530 g/mol. The number of hydrogen-bond donors (Lipinski definition) is 0. The van der Waals surface area contributed by atoms with Gasteiger partial charge in [0.05, 0.1) is 35.8 Å². The van der Waals surface area contributed by atoms with Crippen LogP contribution in [0.15, 0.2) is 72.8 Å². The highest BCUT2D eigenvalue weighted by molar-refractivity contribution is 6.37. The quantitative estimate of drug-likeness (QED) is 0.283. The first-order valence-corrected chi connectivity index (χ1v) is 12.4. The lowest BCUT2D eigenvalue weighted by molar-refractivity contribution is -0.127. The lowest BCUT2D eigenvalue weighted by atomic mass is 9.77. The Balaban J connectivity index is 1.49. The van der Waals surface area contributed by atoms with Crippen molar-refractivity contribution in [3.8, 4) is 0 Å². The summed E-state index contributed by atoms with van der Waals surface area (Å²) in [6, 6.07) is 18.7. The van der Waals surface area contributed by atoms with Crippen molar-refractivity contribution in [2.24, 2.45) is 11.8 Å². The normalized spacial score (nSPS) is 23.2. The van der Waals surface area contributed by atoms with Crippen LogP contribution in [0.25, 0.3) is 0 Å². The van der Waals surface area contributed by atoms with E-state index in [1.54, 1.807) is 49.4 Å². The van der Waals surface area contributed by atoms with Gasteiger partial charge in [-0.15, -0.1) is 0 Å². The van der Waals surface area contributed by atoms with Gasteiger partial charge in [0, 0.05) is 16.1 Å². The smallest absolute Gasteiger partial charge is 0.338 e. The van der Waals surface area contributed by atoms with Crippen LogP contribution >= 0.6 is 11.6 Å². The molecule has 8 nitrogen and oxygen atoms in total. The number of ether oxygens (including phenoxy) is 2. The summed E-state index contributed by atoms with van der Waals surface area (Å²) < 4.78 is 11.3. The topological polar surface area (TPSA) is 107 Å². The van der Waals surface area contributed by atoms with Gasteiger partial charge in [-0.25, -0.2) is 9.69 Å². The molecule has 3 aromatic rings. The maximum atomic E-state index is 13.9. The molecule has 0 saturated carbocycles. The van der Waals surface area contributed by atoms with Crippen molar-refractivity contribution < 1.29 is 33.4 Å². The van der Waals surface area contributed by atoms with Crippen LogP contribution in [0, 0.1) is 11.8 Å². The molecule has 0 radical (unpaired) electrons. The maximum Gasteiger partial charge on any atom is 0.338 e. The number of hydrogen-bond acceptors (Lipinski definition) is 7. The van der Waals surface area contributed by atoms with Gasteiger partial charge < -0.3 is 9.47 Å². The molecule has 2 amide bonds. The van der Waals surface area contributed by atoms with Crippen LogP contribution in [0.3, 0.4) is 0 Å². The van der Waals surface area contributed by atoms with Gasteiger partial charge in [-0.3, -0.25) is 19.2 Å². The summed E-state index contributed by atoms with van der Waals surface area (Å²) in [5.41, 5.74) is -0.917. The maximum absolute atomic E-state index is 13.9. The molecule has 38 heavy (non-hydrogen) atoms. The number of anilines is 1. The van der Waals surface area contributed by atoms with E-state index >= 15 is 0 Å². The molecule has 190 valence electrons. The van der Waals surface area contributed by atoms with E-state index in [9.17, 15) is 24.0 Å². The summed E-state index contributed by atoms with van der Waals surface area (Å²) >= 11 is 6.13. The molecule has 0 bridgehead atoms. The second-order valence-corrected chi connectivity index (χ2v) is 9.75. The zero-order valence-electron chi connectivity index (χ0n) is 20.1. The van der Waals surface area contributed by atoms with E-state index in [4.69, 9.17) is 21.1 Å². The van der Waals surface area contributed by atoms with Crippen LogP contribution in [0.4, 0.5) is 5.69 Å². The number of esters is 1. The first-order chi connectivity index (χ1) is 18.3. The highest BCUT2D eigenvalue weighted by Crippen LogP contribution is 2.57. The Kier molecular flexibility index (Phi) is 5.55. The predicted molar refractivity (Wildman–Crippen MR) is 135 cm³/mol. The second kappa shape index (κ2) is 8.72. The van der Waals surface area contributed by atoms with Gasteiger partial charge in [-0.05, 0) is 42.8 Å². The van der Waals surface area contributed by atoms with Crippen LogP contribution < -0.4 is 4.90 Å². The zero-order valence-corrected chi connectivity index (χ0v) is 20.8. The summed E-state index contributed by atoms with van der Waals surface area (Å²) in [4.78, 5) is 68.5. The van der Waals surface area contributed by atoms with Crippen molar-refractivity contribution in [2.75, 3.05) is 11.5 Å². The summed E-state index contributed by atoms with van der Waals surface area (Å²) in [6.45, 7) is 1.90. The van der Waals surface area contributed by atoms with Crippen molar-refractivity contribution in [1.29, 1.82) is 0 Å². The minimum absolute atomic E-state index is 0.149. The SMILES string of the molecule is CCOC(=O)c1ccc([C@@H]2OC3(C(=O)c4ccccc4C3=O)[C@H]3C(=O)N(c4cccc(Cl)c4)C(=O)[C@@H]23)cc1.